The van der Waals surface area contributed by atoms with Crippen LogP contribution in [0.4, 0.5) is 10.5 Å². The Balaban J connectivity index is 1.13. The number of amides is 2. The van der Waals surface area contributed by atoms with Gasteiger partial charge >= 0.3 is 6.03 Å². The van der Waals surface area contributed by atoms with Crippen molar-refractivity contribution in [3.8, 4) is 5.75 Å². The number of hydrogen-bond acceptors (Lipinski definition) is 6. The molecule has 5 N–H and O–H groups in total. The molecule has 0 aliphatic carbocycles. The zero-order valence-electron chi connectivity index (χ0n) is 23.0. The van der Waals surface area contributed by atoms with Crippen molar-refractivity contribution in [2.75, 3.05) is 31.6 Å². The second-order valence-corrected chi connectivity index (χ2v) is 10.4. The van der Waals surface area contributed by atoms with Crippen LogP contribution in [0.5, 0.6) is 5.75 Å². The molecule has 0 saturated carbocycles. The zero-order valence-corrected chi connectivity index (χ0v) is 23.0. The van der Waals surface area contributed by atoms with Gasteiger partial charge in [-0.05, 0) is 74.0 Å². The molecule has 8 heteroatoms. The number of nitrogens with one attached hydrogen (secondary N) is 2. The quantitative estimate of drug-likeness (QED) is 0.204. The second kappa shape index (κ2) is 15.7. The third kappa shape index (κ3) is 11.0. The standard InChI is InChI=1S/C30H45N3O5/c1-30(2)37-22-25-20-24(14-15-28(25)38-30)27(34)21-32-16-7-3-4-8-17-36-18-9-5-6-11-23-12-10-13-26(19-23)33-29(31)35/h10,12-15,19-20,27,32,34H,3-9,11,16-18,21-22H2,1-2H3,(H3,31,33,35)/t27-/m1/s1. The number of fused-ring (bicyclic) bond motifs is 1. The van der Waals surface area contributed by atoms with E-state index in [-0.39, 0.29) is 0 Å². The molecule has 0 spiro atoms. The topological polar surface area (TPSA) is 115 Å². The molecule has 2 aromatic carbocycles. The predicted octanol–water partition coefficient (Wildman–Crippen LogP) is 5.44. The third-order valence-electron chi connectivity index (χ3n) is 6.58. The summed E-state index contributed by atoms with van der Waals surface area (Å²) in [5.74, 6) is 0.219. The average Bonchev–Trinajstić information content (AvgIpc) is 2.87. The van der Waals surface area contributed by atoms with E-state index >= 15 is 0 Å². The molecule has 1 aliphatic heterocycles. The van der Waals surface area contributed by atoms with Gasteiger partial charge in [0.05, 0.1) is 12.7 Å². The molecule has 3 rings (SSSR count). The summed E-state index contributed by atoms with van der Waals surface area (Å²) in [5, 5.41) is 16.5. The summed E-state index contributed by atoms with van der Waals surface area (Å²) in [6.07, 6.45) is 8.19. The van der Waals surface area contributed by atoms with E-state index in [0.29, 0.717) is 13.2 Å². The number of anilines is 1. The maximum atomic E-state index is 11.0. The summed E-state index contributed by atoms with van der Waals surface area (Å²) in [5.41, 5.74) is 8.97. The highest BCUT2D eigenvalue weighted by molar-refractivity contribution is 5.87. The minimum absolute atomic E-state index is 0.494. The maximum Gasteiger partial charge on any atom is 0.316 e. The van der Waals surface area contributed by atoms with E-state index in [0.717, 1.165) is 93.7 Å². The van der Waals surface area contributed by atoms with Crippen LogP contribution in [0.2, 0.25) is 0 Å². The van der Waals surface area contributed by atoms with E-state index in [1.807, 2.05) is 50.2 Å². The smallest absolute Gasteiger partial charge is 0.316 e. The fourth-order valence-corrected chi connectivity index (χ4v) is 4.49. The average molecular weight is 528 g/mol. The summed E-state index contributed by atoms with van der Waals surface area (Å²) < 4.78 is 17.3. The Morgan fingerprint density at radius 3 is 2.61 bits per heavy atom. The van der Waals surface area contributed by atoms with Crippen LogP contribution < -0.4 is 21.1 Å². The van der Waals surface area contributed by atoms with Crippen molar-refractivity contribution in [3.63, 3.8) is 0 Å². The number of ether oxygens (including phenoxy) is 3. The molecular formula is C30H45N3O5. The van der Waals surface area contributed by atoms with Gasteiger partial charge in [-0.2, -0.15) is 0 Å². The Kier molecular flexibility index (Phi) is 12.3. The van der Waals surface area contributed by atoms with E-state index in [1.54, 1.807) is 0 Å². The Bertz CT molecular complexity index is 998. The molecule has 0 bridgehead atoms. The third-order valence-corrected chi connectivity index (χ3v) is 6.58. The van der Waals surface area contributed by atoms with Crippen LogP contribution in [0.1, 0.15) is 81.6 Å². The van der Waals surface area contributed by atoms with Crippen molar-refractivity contribution in [1.29, 1.82) is 0 Å². The highest BCUT2D eigenvalue weighted by Gasteiger charge is 2.27. The number of nitrogens with two attached hydrogens (primary N) is 1. The minimum Gasteiger partial charge on any atom is -0.463 e. The van der Waals surface area contributed by atoms with Gasteiger partial charge in [-0.15, -0.1) is 0 Å². The Morgan fingerprint density at radius 1 is 1.05 bits per heavy atom. The van der Waals surface area contributed by atoms with Gasteiger partial charge in [0.2, 0.25) is 5.79 Å². The normalized spacial score (nSPS) is 14.9. The van der Waals surface area contributed by atoms with Crippen LogP contribution in [0, 0.1) is 0 Å². The summed E-state index contributed by atoms with van der Waals surface area (Å²) in [6.45, 7) is 7.34. The lowest BCUT2D eigenvalue weighted by molar-refractivity contribution is -0.180. The number of carbonyl (C=O) groups excluding carboxylic acids is 1. The first-order valence-corrected chi connectivity index (χ1v) is 13.9. The van der Waals surface area contributed by atoms with Gasteiger partial charge in [0.1, 0.15) is 5.75 Å². The van der Waals surface area contributed by atoms with Gasteiger partial charge in [-0.25, -0.2) is 4.79 Å². The Hall–Kier alpha value is -2.65. The number of unbranched alkanes of at least 4 members (excludes halogenated alkanes) is 5. The lowest BCUT2D eigenvalue weighted by Crippen LogP contribution is -2.35. The van der Waals surface area contributed by atoms with Crippen LogP contribution in [0.25, 0.3) is 0 Å². The van der Waals surface area contributed by atoms with Crippen LogP contribution in [0.3, 0.4) is 0 Å². The van der Waals surface area contributed by atoms with Gasteiger partial charge in [0.15, 0.2) is 0 Å². The van der Waals surface area contributed by atoms with Gasteiger partial charge in [-0.3, -0.25) is 0 Å². The van der Waals surface area contributed by atoms with Crippen LogP contribution >= 0.6 is 0 Å². The molecule has 1 atom stereocenters. The maximum absolute atomic E-state index is 11.0. The van der Waals surface area contributed by atoms with Crippen molar-refractivity contribution in [2.24, 2.45) is 5.73 Å². The number of primary amides is 1. The number of aliphatic hydroxyl groups excluding tert-OH is 1. The van der Waals surface area contributed by atoms with E-state index in [9.17, 15) is 9.90 Å². The van der Waals surface area contributed by atoms with E-state index < -0.39 is 17.9 Å². The van der Waals surface area contributed by atoms with Gasteiger partial charge in [-0.1, -0.05) is 37.5 Å². The molecule has 2 aromatic rings. The first kappa shape index (κ1) is 29.9. The molecule has 0 aromatic heterocycles. The van der Waals surface area contributed by atoms with Crippen molar-refractivity contribution in [1.82, 2.24) is 5.32 Å². The van der Waals surface area contributed by atoms with Crippen LogP contribution in [0.15, 0.2) is 42.5 Å². The van der Waals surface area contributed by atoms with Crippen LogP contribution in [-0.4, -0.2) is 43.2 Å². The molecule has 0 saturated heterocycles. The highest BCUT2D eigenvalue weighted by atomic mass is 16.7. The highest BCUT2D eigenvalue weighted by Crippen LogP contribution is 2.32. The van der Waals surface area contributed by atoms with Gasteiger partial charge in [0, 0.05) is 44.9 Å². The first-order chi connectivity index (χ1) is 18.3. The molecule has 210 valence electrons. The number of aryl methyl sites for hydroxylation is 1. The number of urea groups is 1. The molecule has 1 aliphatic rings. The zero-order chi connectivity index (χ0) is 27.2. The monoisotopic (exact) mass is 527 g/mol. The van der Waals surface area contributed by atoms with Crippen molar-refractivity contribution in [3.05, 3.63) is 59.2 Å². The van der Waals surface area contributed by atoms with E-state index in [4.69, 9.17) is 19.9 Å². The summed E-state index contributed by atoms with van der Waals surface area (Å²) >= 11 is 0. The first-order valence-electron chi connectivity index (χ1n) is 13.9. The van der Waals surface area contributed by atoms with Gasteiger partial charge < -0.3 is 35.7 Å². The summed E-state index contributed by atoms with van der Waals surface area (Å²) in [4.78, 5) is 11.0. The number of benzene rings is 2. The molecular weight excluding hydrogens is 482 g/mol. The lowest BCUT2D eigenvalue weighted by atomic mass is 10.0. The lowest BCUT2D eigenvalue weighted by Gasteiger charge is -2.33. The van der Waals surface area contributed by atoms with Crippen molar-refractivity contribution in [2.45, 2.75) is 83.7 Å². The van der Waals surface area contributed by atoms with Crippen molar-refractivity contribution >= 4 is 11.7 Å². The number of rotatable bonds is 17. The largest absolute Gasteiger partial charge is 0.463 e. The fraction of sp³-hybridized carbons (Fsp3) is 0.567. The van der Waals surface area contributed by atoms with E-state index in [1.165, 1.54) is 5.56 Å². The van der Waals surface area contributed by atoms with Crippen molar-refractivity contribution < 1.29 is 24.1 Å². The number of carbonyl (C=O) groups is 1. The number of aliphatic hydroxyl groups is 1. The fourth-order valence-electron chi connectivity index (χ4n) is 4.49. The summed E-state index contributed by atoms with van der Waals surface area (Å²) in [6, 6.07) is 13.1. The molecule has 38 heavy (non-hydrogen) atoms. The number of hydrogen-bond donors (Lipinski definition) is 4. The minimum atomic E-state index is -0.607. The molecule has 0 unspecified atom stereocenters. The van der Waals surface area contributed by atoms with E-state index in [2.05, 4.69) is 16.7 Å². The van der Waals surface area contributed by atoms with Gasteiger partial charge in [0.25, 0.3) is 0 Å². The molecule has 2 amide bonds. The predicted molar refractivity (Wildman–Crippen MR) is 150 cm³/mol. The Labute approximate surface area is 227 Å². The second-order valence-electron chi connectivity index (χ2n) is 10.4. The molecule has 8 nitrogen and oxygen atoms in total. The molecule has 0 radical (unpaired) electrons. The SMILES string of the molecule is CC1(C)OCc2cc([C@H](O)CNCCCCCCOCCCCCc3cccc(NC(N)=O)c3)ccc2O1. The summed E-state index contributed by atoms with van der Waals surface area (Å²) in [7, 11) is 0. The van der Waals surface area contributed by atoms with Crippen LogP contribution in [-0.2, 0) is 22.5 Å². The molecule has 0 fully saturated rings. The Morgan fingerprint density at radius 2 is 1.82 bits per heavy atom. The molecule has 1 heterocycles.